The van der Waals surface area contributed by atoms with Crippen LogP contribution in [0, 0.1) is 10.1 Å². The number of nitro benzene ring substituents is 1. The first-order valence-electron chi connectivity index (χ1n) is 9.15. The molecule has 0 saturated heterocycles. The number of nitro groups is 1. The molecule has 0 unspecified atom stereocenters. The molecule has 1 amide bonds. The van der Waals surface area contributed by atoms with Crippen molar-refractivity contribution in [2.45, 2.75) is 39.3 Å². The minimum Gasteiger partial charge on any atom is -0.492 e. The van der Waals surface area contributed by atoms with Crippen molar-refractivity contribution in [3.8, 4) is 11.5 Å². The van der Waals surface area contributed by atoms with E-state index in [1.165, 1.54) is 24.3 Å². The van der Waals surface area contributed by atoms with Crippen LogP contribution in [-0.4, -0.2) is 29.6 Å². The van der Waals surface area contributed by atoms with Crippen molar-refractivity contribution in [1.29, 1.82) is 0 Å². The molecule has 0 bridgehead atoms. The van der Waals surface area contributed by atoms with Crippen LogP contribution in [0.1, 0.15) is 26.3 Å². The molecule has 0 spiro atoms. The van der Waals surface area contributed by atoms with Crippen LogP contribution in [-0.2, 0) is 11.2 Å². The lowest BCUT2D eigenvalue weighted by molar-refractivity contribution is -0.384. The molecule has 1 aliphatic heterocycles. The van der Waals surface area contributed by atoms with E-state index in [0.717, 1.165) is 17.7 Å². The Bertz CT molecular complexity index is 882. The Labute approximate surface area is 163 Å². The SMILES string of the molecule is CCOc1cc2c(cc1N[C@H](C)C(=O)Nc1ccc([N+](=O)[O-])cc1)O[C@H](C)C2. The lowest BCUT2D eigenvalue weighted by atomic mass is 10.1. The van der Waals surface area contributed by atoms with Crippen LogP contribution in [0.5, 0.6) is 11.5 Å². The van der Waals surface area contributed by atoms with Gasteiger partial charge in [-0.2, -0.15) is 0 Å². The molecule has 8 nitrogen and oxygen atoms in total. The zero-order valence-electron chi connectivity index (χ0n) is 16.0. The molecule has 0 radical (unpaired) electrons. The molecule has 1 heterocycles. The molecule has 1 aliphatic rings. The normalized spacial score (nSPS) is 15.9. The smallest absolute Gasteiger partial charge is 0.269 e. The van der Waals surface area contributed by atoms with Crippen LogP contribution in [0.15, 0.2) is 36.4 Å². The minimum absolute atomic E-state index is 0.0297. The first-order chi connectivity index (χ1) is 13.4. The summed E-state index contributed by atoms with van der Waals surface area (Å²) in [5.74, 6) is 1.20. The Balaban J connectivity index is 1.71. The Hall–Kier alpha value is -3.29. The topological polar surface area (TPSA) is 103 Å². The highest BCUT2D eigenvalue weighted by Gasteiger charge is 2.23. The highest BCUT2D eigenvalue weighted by Crippen LogP contribution is 2.38. The molecule has 0 aromatic heterocycles. The molecule has 0 fully saturated rings. The van der Waals surface area contributed by atoms with Gasteiger partial charge >= 0.3 is 0 Å². The van der Waals surface area contributed by atoms with Gasteiger partial charge in [0.15, 0.2) is 0 Å². The summed E-state index contributed by atoms with van der Waals surface area (Å²) in [5, 5.41) is 16.6. The van der Waals surface area contributed by atoms with E-state index >= 15 is 0 Å². The molecular formula is C20H23N3O5. The van der Waals surface area contributed by atoms with Crippen LogP contribution < -0.4 is 20.1 Å². The van der Waals surface area contributed by atoms with Crippen molar-refractivity contribution < 1.29 is 19.2 Å². The van der Waals surface area contributed by atoms with Crippen molar-refractivity contribution in [3.05, 3.63) is 52.1 Å². The molecule has 2 aromatic rings. The van der Waals surface area contributed by atoms with Gasteiger partial charge < -0.3 is 20.1 Å². The maximum absolute atomic E-state index is 12.5. The molecule has 3 rings (SSSR count). The predicted molar refractivity (Wildman–Crippen MR) is 106 cm³/mol. The summed E-state index contributed by atoms with van der Waals surface area (Å²) in [6, 6.07) is 8.94. The Kier molecular flexibility index (Phi) is 5.67. The molecule has 0 saturated carbocycles. The second kappa shape index (κ2) is 8.16. The number of nitrogens with zero attached hydrogens (tertiary/aromatic N) is 1. The average molecular weight is 385 g/mol. The van der Waals surface area contributed by atoms with Crippen molar-refractivity contribution >= 4 is 23.0 Å². The van der Waals surface area contributed by atoms with Crippen molar-refractivity contribution in [3.63, 3.8) is 0 Å². The quantitative estimate of drug-likeness (QED) is 0.556. The van der Waals surface area contributed by atoms with Crippen LogP contribution in [0.4, 0.5) is 17.1 Å². The molecular weight excluding hydrogens is 362 g/mol. The lowest BCUT2D eigenvalue weighted by Gasteiger charge is -2.19. The van der Waals surface area contributed by atoms with Gasteiger partial charge in [0.2, 0.25) is 5.91 Å². The fourth-order valence-electron chi connectivity index (χ4n) is 3.04. The number of hydrogen-bond acceptors (Lipinski definition) is 6. The largest absolute Gasteiger partial charge is 0.492 e. The van der Waals surface area contributed by atoms with Gasteiger partial charge in [-0.15, -0.1) is 0 Å². The minimum atomic E-state index is -0.564. The van der Waals surface area contributed by atoms with Gasteiger partial charge in [-0.25, -0.2) is 0 Å². The number of nitrogens with one attached hydrogen (secondary N) is 2. The van der Waals surface area contributed by atoms with Gasteiger partial charge in [0.1, 0.15) is 23.6 Å². The fraction of sp³-hybridized carbons (Fsp3) is 0.350. The van der Waals surface area contributed by atoms with Crippen LogP contribution in [0.2, 0.25) is 0 Å². The molecule has 2 N–H and O–H groups in total. The fourth-order valence-corrected chi connectivity index (χ4v) is 3.04. The third-order valence-electron chi connectivity index (χ3n) is 4.41. The van der Waals surface area contributed by atoms with Gasteiger partial charge in [0.05, 0.1) is 17.2 Å². The summed E-state index contributed by atoms with van der Waals surface area (Å²) in [6.07, 6.45) is 0.939. The molecule has 0 aliphatic carbocycles. The van der Waals surface area contributed by atoms with E-state index < -0.39 is 11.0 Å². The van der Waals surface area contributed by atoms with Gasteiger partial charge in [-0.05, 0) is 39.0 Å². The maximum Gasteiger partial charge on any atom is 0.269 e. The summed E-state index contributed by atoms with van der Waals surface area (Å²) < 4.78 is 11.5. The van der Waals surface area contributed by atoms with Crippen molar-refractivity contribution in [1.82, 2.24) is 0 Å². The number of hydrogen-bond donors (Lipinski definition) is 2. The summed E-state index contributed by atoms with van der Waals surface area (Å²) in [5.41, 5.74) is 2.23. The van der Waals surface area contributed by atoms with Crippen molar-refractivity contribution in [2.24, 2.45) is 0 Å². The van der Waals surface area contributed by atoms with E-state index in [0.29, 0.717) is 23.7 Å². The second-order valence-electron chi connectivity index (χ2n) is 6.68. The van der Waals surface area contributed by atoms with E-state index in [1.807, 2.05) is 26.0 Å². The molecule has 2 aromatic carbocycles. The van der Waals surface area contributed by atoms with Gasteiger partial charge in [0, 0.05) is 35.9 Å². The van der Waals surface area contributed by atoms with Gasteiger partial charge in [0.25, 0.3) is 5.69 Å². The van der Waals surface area contributed by atoms with Gasteiger partial charge in [-0.3, -0.25) is 14.9 Å². The number of amides is 1. The number of carbonyl (C=O) groups excluding carboxylic acids is 1. The van der Waals surface area contributed by atoms with Crippen LogP contribution in [0.25, 0.3) is 0 Å². The van der Waals surface area contributed by atoms with Crippen LogP contribution in [0.3, 0.4) is 0 Å². The first-order valence-corrected chi connectivity index (χ1v) is 9.15. The average Bonchev–Trinajstić information content (AvgIpc) is 3.01. The highest BCUT2D eigenvalue weighted by molar-refractivity contribution is 5.96. The number of carbonyl (C=O) groups is 1. The Morgan fingerprint density at radius 2 is 2.07 bits per heavy atom. The number of fused-ring (bicyclic) bond motifs is 1. The summed E-state index contributed by atoms with van der Waals surface area (Å²) >= 11 is 0. The van der Waals surface area contributed by atoms with E-state index in [9.17, 15) is 14.9 Å². The first kappa shape index (κ1) is 19.5. The Morgan fingerprint density at radius 3 is 2.71 bits per heavy atom. The number of benzene rings is 2. The van der Waals surface area contributed by atoms with Gasteiger partial charge in [-0.1, -0.05) is 0 Å². The third kappa shape index (κ3) is 4.33. The van der Waals surface area contributed by atoms with Crippen LogP contribution >= 0.6 is 0 Å². The molecule has 8 heteroatoms. The van der Waals surface area contributed by atoms with E-state index in [2.05, 4.69) is 10.6 Å². The standard InChI is InChI=1S/C20H23N3O5/c1-4-27-19-10-14-9-12(2)28-18(14)11-17(19)21-13(3)20(24)22-15-5-7-16(8-6-15)23(25)26/h5-8,10-13,21H,4,9H2,1-3H3,(H,22,24)/t12-,13-/m1/s1. The zero-order chi connectivity index (χ0) is 20.3. The highest BCUT2D eigenvalue weighted by atomic mass is 16.6. The number of ether oxygens (including phenoxy) is 2. The molecule has 2 atom stereocenters. The zero-order valence-corrected chi connectivity index (χ0v) is 16.0. The predicted octanol–water partition coefficient (Wildman–Crippen LogP) is 3.76. The number of anilines is 2. The molecule has 28 heavy (non-hydrogen) atoms. The third-order valence-corrected chi connectivity index (χ3v) is 4.41. The molecule has 148 valence electrons. The number of rotatable bonds is 7. The van der Waals surface area contributed by atoms with E-state index in [4.69, 9.17) is 9.47 Å². The van der Waals surface area contributed by atoms with E-state index in [1.54, 1.807) is 6.92 Å². The summed E-state index contributed by atoms with van der Waals surface area (Å²) in [6.45, 7) is 6.15. The van der Waals surface area contributed by atoms with Crippen molar-refractivity contribution in [2.75, 3.05) is 17.2 Å². The second-order valence-corrected chi connectivity index (χ2v) is 6.68. The summed E-state index contributed by atoms with van der Waals surface area (Å²) in [7, 11) is 0. The summed E-state index contributed by atoms with van der Waals surface area (Å²) in [4.78, 5) is 22.7. The van der Waals surface area contributed by atoms with E-state index in [-0.39, 0.29) is 17.7 Å². The number of non-ortho nitro benzene ring substituents is 1. The monoisotopic (exact) mass is 385 g/mol. The Morgan fingerprint density at radius 1 is 1.36 bits per heavy atom. The maximum atomic E-state index is 12.5. The lowest BCUT2D eigenvalue weighted by Crippen LogP contribution is -2.32.